The van der Waals surface area contributed by atoms with Crippen molar-refractivity contribution in [3.63, 3.8) is 0 Å². The number of phenols is 1. The monoisotopic (exact) mass is 478 g/mol. The molecule has 13 heteroatoms. The van der Waals surface area contributed by atoms with Crippen LogP contribution in [-0.4, -0.2) is 48.9 Å². The van der Waals surface area contributed by atoms with E-state index in [1.165, 1.54) is 41.2 Å². The molecule has 3 heterocycles. The van der Waals surface area contributed by atoms with E-state index in [2.05, 4.69) is 19.6 Å². The van der Waals surface area contributed by atoms with Crippen molar-refractivity contribution in [3.05, 3.63) is 54.3 Å². The molecule has 0 bridgehead atoms. The minimum absolute atomic E-state index is 0.0178. The van der Waals surface area contributed by atoms with Crippen molar-refractivity contribution in [2.75, 3.05) is 13.2 Å². The highest BCUT2D eigenvalue weighted by Gasteiger charge is 2.38. The van der Waals surface area contributed by atoms with Crippen LogP contribution in [0.2, 0.25) is 0 Å². The highest BCUT2D eigenvalue weighted by molar-refractivity contribution is 5.92. The molecule has 0 saturated carbocycles. The number of rotatable bonds is 8. The van der Waals surface area contributed by atoms with Crippen LogP contribution in [0.5, 0.6) is 17.4 Å². The number of benzene rings is 1. The second-order valence-electron chi connectivity index (χ2n) is 6.99. The summed E-state index contributed by atoms with van der Waals surface area (Å²) in [6, 6.07) is 3.85. The van der Waals surface area contributed by atoms with Crippen molar-refractivity contribution in [2.24, 2.45) is 0 Å². The third-order valence-electron chi connectivity index (χ3n) is 4.70. The molecule has 10 nitrogen and oxygen atoms in total. The molecule has 0 aliphatic rings. The smallest absolute Gasteiger partial charge is 0.437 e. The Kier molecular flexibility index (Phi) is 6.36. The number of aromatic hydroxyl groups is 1. The Labute approximate surface area is 189 Å². The van der Waals surface area contributed by atoms with E-state index in [1.54, 1.807) is 0 Å². The number of carbonyl (C=O) groups is 1. The zero-order chi connectivity index (χ0) is 24.3. The number of aliphatic hydroxyl groups is 1. The summed E-state index contributed by atoms with van der Waals surface area (Å²) in [7, 11) is 0. The van der Waals surface area contributed by atoms with E-state index in [-0.39, 0.29) is 47.3 Å². The van der Waals surface area contributed by atoms with E-state index in [0.717, 1.165) is 6.26 Å². The Morgan fingerprint density at radius 1 is 1.21 bits per heavy atom. The zero-order valence-corrected chi connectivity index (χ0v) is 17.3. The Bertz CT molecular complexity index is 1320. The summed E-state index contributed by atoms with van der Waals surface area (Å²) in [6.45, 7) is 0.0730. The summed E-state index contributed by atoms with van der Waals surface area (Å²) < 4.78 is 56.2. The standard InChI is InChI=1S/C21H17F3N4O6/c22-21(23,24)17-14(11-33-27-17)15-10-26-18-19(25-5-6-28(15)18)34-12-3-4-13(16(30)9-12)20(31)32-8-2-1-7-29/h3-6,9-11,29-30H,1-2,7-8H2. The highest BCUT2D eigenvalue weighted by atomic mass is 19.4. The van der Waals surface area contributed by atoms with Gasteiger partial charge in [0.05, 0.1) is 24.1 Å². The SMILES string of the molecule is O=C(OCCCCO)c1ccc(Oc2nccn3c(-c4conc4C(F)(F)F)cnc23)cc1O. The predicted octanol–water partition coefficient (Wildman–Crippen LogP) is 3.83. The molecule has 4 aromatic rings. The number of halogens is 3. The van der Waals surface area contributed by atoms with Gasteiger partial charge in [0.15, 0.2) is 5.69 Å². The van der Waals surface area contributed by atoms with Gasteiger partial charge >= 0.3 is 12.1 Å². The van der Waals surface area contributed by atoms with Gasteiger partial charge in [-0.15, -0.1) is 0 Å². The summed E-state index contributed by atoms with van der Waals surface area (Å²) in [5.41, 5.74) is -1.44. The van der Waals surface area contributed by atoms with E-state index in [1.807, 2.05) is 0 Å². The van der Waals surface area contributed by atoms with E-state index >= 15 is 0 Å². The first kappa shape index (κ1) is 23.0. The number of ether oxygens (including phenoxy) is 2. The van der Waals surface area contributed by atoms with Crippen molar-refractivity contribution in [2.45, 2.75) is 19.0 Å². The van der Waals surface area contributed by atoms with Gasteiger partial charge in [0, 0.05) is 25.1 Å². The number of aromatic nitrogens is 4. The molecule has 3 aromatic heterocycles. The molecule has 0 unspecified atom stereocenters. The average Bonchev–Trinajstić information content (AvgIpc) is 3.44. The Balaban J connectivity index is 1.57. The molecule has 0 aliphatic carbocycles. The fraction of sp³-hybridized carbons (Fsp3) is 0.238. The van der Waals surface area contributed by atoms with Crippen molar-refractivity contribution < 1.29 is 42.2 Å². The van der Waals surface area contributed by atoms with Crippen molar-refractivity contribution in [1.29, 1.82) is 0 Å². The van der Waals surface area contributed by atoms with Crippen LogP contribution in [-0.2, 0) is 10.9 Å². The first-order chi connectivity index (χ1) is 16.3. The second kappa shape index (κ2) is 9.39. The Morgan fingerprint density at radius 2 is 2.03 bits per heavy atom. The fourth-order valence-electron chi connectivity index (χ4n) is 3.11. The fourth-order valence-corrected chi connectivity index (χ4v) is 3.11. The Morgan fingerprint density at radius 3 is 2.76 bits per heavy atom. The van der Waals surface area contributed by atoms with Gasteiger partial charge in [-0.25, -0.2) is 14.8 Å². The highest BCUT2D eigenvalue weighted by Crippen LogP contribution is 2.37. The summed E-state index contributed by atoms with van der Waals surface area (Å²) >= 11 is 0. The van der Waals surface area contributed by atoms with E-state index < -0.39 is 23.6 Å². The second-order valence-corrected chi connectivity index (χ2v) is 6.99. The van der Waals surface area contributed by atoms with Crippen molar-refractivity contribution >= 4 is 11.6 Å². The third-order valence-corrected chi connectivity index (χ3v) is 4.70. The molecule has 0 saturated heterocycles. The van der Waals surface area contributed by atoms with Gasteiger partial charge in [0.25, 0.3) is 5.88 Å². The zero-order valence-electron chi connectivity index (χ0n) is 17.3. The number of alkyl halides is 3. The van der Waals surface area contributed by atoms with Gasteiger partial charge in [0.2, 0.25) is 5.65 Å². The molecule has 0 aliphatic heterocycles. The van der Waals surface area contributed by atoms with Crippen molar-refractivity contribution in [1.82, 2.24) is 19.5 Å². The number of hydrogen-bond acceptors (Lipinski definition) is 9. The summed E-state index contributed by atoms with van der Waals surface area (Å²) in [6.07, 6.45) is 0.988. The molecule has 0 atom stereocenters. The largest absolute Gasteiger partial charge is 0.507 e. The molecule has 0 radical (unpaired) electrons. The molecular formula is C21H17F3N4O6. The summed E-state index contributed by atoms with van der Waals surface area (Å²) in [4.78, 5) is 20.2. The van der Waals surface area contributed by atoms with Crippen LogP contribution in [0.1, 0.15) is 28.9 Å². The van der Waals surface area contributed by atoms with Gasteiger partial charge in [-0.1, -0.05) is 5.16 Å². The maximum absolute atomic E-state index is 13.2. The number of carbonyl (C=O) groups excluding carboxylic acids is 1. The first-order valence-electron chi connectivity index (χ1n) is 9.92. The summed E-state index contributed by atoms with van der Waals surface area (Å²) in [5.74, 6) is -1.10. The third kappa shape index (κ3) is 4.64. The van der Waals surface area contributed by atoms with Gasteiger partial charge in [-0.3, -0.25) is 4.40 Å². The molecule has 0 amide bonds. The lowest BCUT2D eigenvalue weighted by Crippen LogP contribution is -2.07. The Hall–Kier alpha value is -4.13. The normalized spacial score (nSPS) is 11.6. The minimum atomic E-state index is -4.72. The van der Waals surface area contributed by atoms with Gasteiger partial charge in [-0.05, 0) is 25.0 Å². The topological polar surface area (TPSA) is 132 Å². The van der Waals surface area contributed by atoms with E-state index in [9.17, 15) is 23.1 Å². The predicted molar refractivity (Wildman–Crippen MR) is 108 cm³/mol. The molecule has 1 aromatic carbocycles. The lowest BCUT2D eigenvalue weighted by atomic mass is 10.2. The lowest BCUT2D eigenvalue weighted by molar-refractivity contribution is -0.142. The lowest BCUT2D eigenvalue weighted by Gasteiger charge is -2.10. The van der Waals surface area contributed by atoms with Crippen LogP contribution >= 0.6 is 0 Å². The number of phenolic OH excluding ortho intramolecular Hbond substituents is 1. The molecule has 4 rings (SSSR count). The number of unbranched alkanes of at least 4 members (excludes halogenated alkanes) is 1. The molecule has 178 valence electrons. The number of hydrogen-bond donors (Lipinski definition) is 2. The van der Waals surface area contributed by atoms with Crippen LogP contribution in [0.4, 0.5) is 13.2 Å². The van der Waals surface area contributed by atoms with Crippen LogP contribution in [0.15, 0.2) is 47.6 Å². The number of imidazole rings is 1. The van der Waals surface area contributed by atoms with Crippen LogP contribution in [0.3, 0.4) is 0 Å². The molecule has 34 heavy (non-hydrogen) atoms. The van der Waals surface area contributed by atoms with Crippen molar-refractivity contribution in [3.8, 4) is 28.6 Å². The minimum Gasteiger partial charge on any atom is -0.507 e. The van der Waals surface area contributed by atoms with Gasteiger partial charge in [0.1, 0.15) is 23.3 Å². The molecule has 0 fully saturated rings. The van der Waals surface area contributed by atoms with E-state index in [0.29, 0.717) is 12.8 Å². The number of aliphatic hydroxyl groups excluding tert-OH is 1. The number of fused-ring (bicyclic) bond motifs is 1. The maximum atomic E-state index is 13.2. The number of esters is 1. The maximum Gasteiger partial charge on any atom is 0.437 e. The molecule has 0 spiro atoms. The quantitative estimate of drug-likeness (QED) is 0.286. The van der Waals surface area contributed by atoms with Crippen LogP contribution in [0, 0.1) is 0 Å². The first-order valence-corrected chi connectivity index (χ1v) is 9.92. The van der Waals surface area contributed by atoms with Crippen LogP contribution in [0.25, 0.3) is 16.9 Å². The van der Waals surface area contributed by atoms with Gasteiger partial charge in [-0.2, -0.15) is 13.2 Å². The molecular weight excluding hydrogens is 461 g/mol. The number of nitrogens with zero attached hydrogens (tertiary/aromatic N) is 4. The summed E-state index contributed by atoms with van der Waals surface area (Å²) in [5, 5.41) is 22.0. The molecule has 2 N–H and O–H groups in total. The van der Waals surface area contributed by atoms with E-state index in [4.69, 9.17) is 14.6 Å². The average molecular weight is 478 g/mol. The van der Waals surface area contributed by atoms with Crippen LogP contribution < -0.4 is 4.74 Å². The van der Waals surface area contributed by atoms with Gasteiger partial charge < -0.3 is 24.2 Å².